The largest absolute Gasteiger partial charge is 0.506 e. The van der Waals surface area contributed by atoms with Crippen molar-refractivity contribution in [1.29, 1.82) is 0 Å². The van der Waals surface area contributed by atoms with Crippen molar-refractivity contribution in [3.63, 3.8) is 0 Å². The Bertz CT molecular complexity index is 590. The number of nitrogens with one attached hydrogen (secondary N) is 1. The van der Waals surface area contributed by atoms with E-state index in [4.69, 9.17) is 0 Å². The minimum atomic E-state index is -0.169. The van der Waals surface area contributed by atoms with Crippen LogP contribution in [-0.2, 0) is 6.42 Å². The highest BCUT2D eigenvalue weighted by atomic mass is 32.1. The number of para-hydroxylation sites is 2. The van der Waals surface area contributed by atoms with Crippen molar-refractivity contribution < 1.29 is 9.90 Å². The van der Waals surface area contributed by atoms with E-state index < -0.39 is 0 Å². The molecule has 1 amide bonds. The van der Waals surface area contributed by atoms with Gasteiger partial charge in [-0.05, 0) is 37.1 Å². The van der Waals surface area contributed by atoms with Gasteiger partial charge in [0.15, 0.2) is 0 Å². The lowest BCUT2D eigenvalue weighted by Crippen LogP contribution is -2.10. The van der Waals surface area contributed by atoms with Gasteiger partial charge in [0.05, 0.1) is 10.6 Å². The average molecular weight is 275 g/mol. The van der Waals surface area contributed by atoms with Crippen molar-refractivity contribution in [2.75, 3.05) is 5.32 Å². The Morgan fingerprint density at radius 3 is 2.79 bits per heavy atom. The summed E-state index contributed by atoms with van der Waals surface area (Å²) in [6.07, 6.45) is 2.06. The van der Waals surface area contributed by atoms with Crippen molar-refractivity contribution >= 4 is 22.9 Å². The first-order chi connectivity index (χ1) is 9.11. The van der Waals surface area contributed by atoms with E-state index in [1.54, 1.807) is 24.3 Å². The molecular formula is C15H17NO2S. The minimum absolute atomic E-state index is 0.0814. The molecule has 0 spiro atoms. The lowest BCUT2D eigenvalue weighted by Gasteiger charge is -2.05. The zero-order chi connectivity index (χ0) is 13.8. The van der Waals surface area contributed by atoms with E-state index in [9.17, 15) is 9.90 Å². The Hall–Kier alpha value is -1.81. The zero-order valence-corrected chi connectivity index (χ0v) is 11.9. The summed E-state index contributed by atoms with van der Waals surface area (Å²) in [5.74, 6) is -0.0881. The standard InChI is InChI=1S/C15H17NO2S/c1-3-6-11-9-14(19-10(11)2)15(18)16-12-7-4-5-8-13(12)17/h4-5,7-9,17H,3,6H2,1-2H3,(H,16,18). The molecule has 0 aliphatic carbocycles. The monoisotopic (exact) mass is 275 g/mol. The van der Waals surface area contributed by atoms with Crippen molar-refractivity contribution in [3.05, 3.63) is 45.6 Å². The van der Waals surface area contributed by atoms with Crippen LogP contribution in [0.15, 0.2) is 30.3 Å². The molecule has 0 fully saturated rings. The van der Waals surface area contributed by atoms with Gasteiger partial charge in [0.25, 0.3) is 5.91 Å². The highest BCUT2D eigenvalue weighted by Gasteiger charge is 2.13. The van der Waals surface area contributed by atoms with Gasteiger partial charge in [-0.1, -0.05) is 25.5 Å². The second-order valence-corrected chi connectivity index (χ2v) is 5.67. The molecule has 1 aromatic carbocycles. The first-order valence-corrected chi connectivity index (χ1v) is 7.12. The molecule has 4 heteroatoms. The van der Waals surface area contributed by atoms with Crippen LogP contribution in [0.4, 0.5) is 5.69 Å². The van der Waals surface area contributed by atoms with E-state index in [0.29, 0.717) is 10.6 Å². The Kier molecular flexibility index (Phi) is 4.22. The van der Waals surface area contributed by atoms with Crippen LogP contribution in [0.2, 0.25) is 0 Å². The van der Waals surface area contributed by atoms with Gasteiger partial charge >= 0.3 is 0 Å². The molecule has 1 heterocycles. The summed E-state index contributed by atoms with van der Waals surface area (Å²) in [7, 11) is 0. The smallest absolute Gasteiger partial charge is 0.265 e. The normalized spacial score (nSPS) is 10.4. The van der Waals surface area contributed by atoms with Crippen molar-refractivity contribution in [1.82, 2.24) is 0 Å². The fraction of sp³-hybridized carbons (Fsp3) is 0.267. The van der Waals surface area contributed by atoms with E-state index in [0.717, 1.165) is 12.8 Å². The average Bonchev–Trinajstić information content (AvgIpc) is 2.75. The summed E-state index contributed by atoms with van der Waals surface area (Å²) in [6.45, 7) is 4.16. The number of aromatic hydroxyl groups is 1. The van der Waals surface area contributed by atoms with E-state index in [2.05, 4.69) is 12.2 Å². The molecule has 2 N–H and O–H groups in total. The number of amides is 1. The Morgan fingerprint density at radius 2 is 2.11 bits per heavy atom. The van der Waals surface area contributed by atoms with Crippen LogP contribution in [0.1, 0.15) is 33.5 Å². The third-order valence-corrected chi connectivity index (χ3v) is 4.01. The molecule has 0 aliphatic heterocycles. The summed E-state index contributed by atoms with van der Waals surface area (Å²) in [5.41, 5.74) is 1.67. The second kappa shape index (κ2) is 5.89. The fourth-order valence-electron chi connectivity index (χ4n) is 1.91. The number of aryl methyl sites for hydroxylation is 2. The molecule has 19 heavy (non-hydrogen) atoms. The zero-order valence-electron chi connectivity index (χ0n) is 11.1. The van der Waals surface area contributed by atoms with Crippen molar-refractivity contribution in [3.8, 4) is 5.75 Å². The van der Waals surface area contributed by atoms with Gasteiger partial charge in [0.1, 0.15) is 5.75 Å². The molecule has 0 saturated heterocycles. The summed E-state index contributed by atoms with van der Waals surface area (Å²) in [4.78, 5) is 14.0. The lowest BCUT2D eigenvalue weighted by atomic mass is 10.1. The van der Waals surface area contributed by atoms with E-state index >= 15 is 0 Å². The van der Waals surface area contributed by atoms with Crippen LogP contribution in [-0.4, -0.2) is 11.0 Å². The van der Waals surface area contributed by atoms with Gasteiger partial charge in [-0.3, -0.25) is 4.79 Å². The van der Waals surface area contributed by atoms with Crippen LogP contribution in [0.25, 0.3) is 0 Å². The number of carbonyl (C=O) groups excluding carboxylic acids is 1. The Labute approximate surface area is 116 Å². The van der Waals surface area contributed by atoms with E-state index in [1.807, 2.05) is 13.0 Å². The molecule has 0 unspecified atom stereocenters. The number of phenolic OH excluding ortho intramolecular Hbond substituents is 1. The summed E-state index contributed by atoms with van der Waals surface area (Å²) in [6, 6.07) is 8.68. The summed E-state index contributed by atoms with van der Waals surface area (Å²) >= 11 is 1.49. The van der Waals surface area contributed by atoms with Crippen LogP contribution < -0.4 is 5.32 Å². The predicted molar refractivity (Wildman–Crippen MR) is 79.1 cm³/mol. The van der Waals surface area contributed by atoms with E-state index in [1.165, 1.54) is 21.8 Å². The lowest BCUT2D eigenvalue weighted by molar-refractivity contribution is 0.103. The van der Waals surface area contributed by atoms with Gasteiger partial charge in [-0.25, -0.2) is 0 Å². The Balaban J connectivity index is 2.16. The van der Waals surface area contributed by atoms with Crippen LogP contribution in [0, 0.1) is 6.92 Å². The molecule has 0 aliphatic rings. The third kappa shape index (κ3) is 3.15. The number of phenols is 1. The molecule has 2 aromatic rings. The number of benzene rings is 1. The van der Waals surface area contributed by atoms with E-state index in [-0.39, 0.29) is 11.7 Å². The highest BCUT2D eigenvalue weighted by molar-refractivity contribution is 7.14. The second-order valence-electron chi connectivity index (χ2n) is 4.41. The molecule has 0 radical (unpaired) electrons. The number of thiophene rings is 1. The van der Waals surface area contributed by atoms with Gasteiger partial charge in [0.2, 0.25) is 0 Å². The molecule has 0 atom stereocenters. The molecular weight excluding hydrogens is 258 g/mol. The topological polar surface area (TPSA) is 49.3 Å². The van der Waals surface area contributed by atoms with Crippen LogP contribution in [0.3, 0.4) is 0 Å². The quantitative estimate of drug-likeness (QED) is 0.830. The third-order valence-electron chi connectivity index (χ3n) is 2.92. The Morgan fingerprint density at radius 1 is 1.37 bits per heavy atom. The molecule has 3 nitrogen and oxygen atoms in total. The number of carbonyl (C=O) groups is 1. The van der Waals surface area contributed by atoms with Crippen LogP contribution in [0.5, 0.6) is 5.75 Å². The number of hydrogen-bond donors (Lipinski definition) is 2. The fourth-order valence-corrected chi connectivity index (χ4v) is 2.88. The first kappa shape index (κ1) is 13.6. The molecule has 0 bridgehead atoms. The summed E-state index contributed by atoms with van der Waals surface area (Å²) in [5, 5.41) is 12.4. The highest BCUT2D eigenvalue weighted by Crippen LogP contribution is 2.26. The maximum atomic E-state index is 12.1. The van der Waals surface area contributed by atoms with Gasteiger partial charge in [-0.15, -0.1) is 11.3 Å². The maximum Gasteiger partial charge on any atom is 0.265 e. The minimum Gasteiger partial charge on any atom is -0.506 e. The summed E-state index contributed by atoms with van der Waals surface area (Å²) < 4.78 is 0. The molecule has 0 saturated carbocycles. The molecule has 2 rings (SSSR count). The molecule has 1 aromatic heterocycles. The molecule has 100 valence electrons. The van der Waals surface area contributed by atoms with Gasteiger partial charge in [-0.2, -0.15) is 0 Å². The SMILES string of the molecule is CCCc1cc(C(=O)Nc2ccccc2O)sc1C. The predicted octanol–water partition coefficient (Wildman–Crippen LogP) is 3.97. The van der Waals surface area contributed by atoms with Gasteiger partial charge in [0, 0.05) is 4.88 Å². The number of anilines is 1. The number of hydrogen-bond acceptors (Lipinski definition) is 3. The first-order valence-electron chi connectivity index (χ1n) is 6.30. The van der Waals surface area contributed by atoms with Crippen molar-refractivity contribution in [2.45, 2.75) is 26.7 Å². The van der Waals surface area contributed by atoms with Crippen LogP contribution >= 0.6 is 11.3 Å². The maximum absolute atomic E-state index is 12.1. The van der Waals surface area contributed by atoms with Gasteiger partial charge < -0.3 is 10.4 Å². The van der Waals surface area contributed by atoms with Crippen molar-refractivity contribution in [2.24, 2.45) is 0 Å². The number of rotatable bonds is 4.